The third kappa shape index (κ3) is 3.89. The molecule has 7 rings (SSSR count). The molecule has 0 spiro atoms. The first-order valence-electron chi connectivity index (χ1n) is 14.4. The van der Waals surface area contributed by atoms with E-state index in [1.165, 1.54) is 70.1 Å². The fourth-order valence-corrected chi connectivity index (χ4v) is 8.17. The average molecular weight is 545 g/mol. The van der Waals surface area contributed by atoms with E-state index in [-0.39, 0.29) is 10.8 Å². The SMILES string of the molecule is Cc1c2c(c(CC(C)(C)C)c3oc4ccccc4c13)Sc1cc3c(CC(C)(C)C)cccc3c3cc[n+](C)c-2c13. The second-order valence-electron chi connectivity index (χ2n) is 14.1. The van der Waals surface area contributed by atoms with Gasteiger partial charge >= 0.3 is 0 Å². The van der Waals surface area contributed by atoms with Crippen molar-refractivity contribution in [2.45, 2.75) is 71.1 Å². The summed E-state index contributed by atoms with van der Waals surface area (Å²) in [4.78, 5) is 2.72. The van der Waals surface area contributed by atoms with Crippen molar-refractivity contribution < 1.29 is 8.98 Å². The lowest BCUT2D eigenvalue weighted by molar-refractivity contribution is -0.659. The highest BCUT2D eigenvalue weighted by Gasteiger charge is 2.35. The molecule has 40 heavy (non-hydrogen) atoms. The Balaban J connectivity index is 1.64. The second kappa shape index (κ2) is 8.60. The molecule has 0 saturated carbocycles. The van der Waals surface area contributed by atoms with E-state index < -0.39 is 0 Å². The topological polar surface area (TPSA) is 17.0 Å². The summed E-state index contributed by atoms with van der Waals surface area (Å²) in [6, 6.07) is 20.2. The molecule has 3 heteroatoms. The van der Waals surface area contributed by atoms with E-state index in [1.807, 2.05) is 11.8 Å². The van der Waals surface area contributed by atoms with Gasteiger partial charge in [0.05, 0.1) is 10.9 Å². The van der Waals surface area contributed by atoms with Crippen LogP contribution in [0.15, 0.2) is 75.0 Å². The Morgan fingerprint density at radius 1 is 0.775 bits per heavy atom. The Kier molecular flexibility index (Phi) is 5.52. The lowest BCUT2D eigenvalue weighted by Crippen LogP contribution is -2.32. The minimum absolute atomic E-state index is 0.118. The zero-order valence-corrected chi connectivity index (χ0v) is 25.8. The Morgan fingerprint density at radius 3 is 2.25 bits per heavy atom. The predicted molar refractivity (Wildman–Crippen MR) is 171 cm³/mol. The van der Waals surface area contributed by atoms with Crippen molar-refractivity contribution >= 4 is 55.2 Å². The van der Waals surface area contributed by atoms with Crippen LogP contribution in [0.25, 0.3) is 54.7 Å². The Morgan fingerprint density at radius 2 is 1.50 bits per heavy atom. The van der Waals surface area contributed by atoms with Gasteiger partial charge in [-0.2, -0.15) is 0 Å². The van der Waals surface area contributed by atoms with Crippen LogP contribution in [0.5, 0.6) is 0 Å². The summed E-state index contributed by atoms with van der Waals surface area (Å²) in [5.74, 6) is 0. The predicted octanol–water partition coefficient (Wildman–Crippen LogP) is 10.3. The highest BCUT2D eigenvalue weighted by Crippen LogP contribution is 2.54. The van der Waals surface area contributed by atoms with Crippen LogP contribution < -0.4 is 4.57 Å². The quantitative estimate of drug-likeness (QED) is 0.159. The van der Waals surface area contributed by atoms with Gasteiger partial charge in [-0.05, 0) is 64.6 Å². The summed E-state index contributed by atoms with van der Waals surface area (Å²) in [5.41, 5.74) is 9.16. The number of hydrogen-bond donors (Lipinski definition) is 0. The first-order valence-corrected chi connectivity index (χ1v) is 15.2. The molecule has 4 aromatic carbocycles. The monoisotopic (exact) mass is 544 g/mol. The molecule has 6 aromatic rings. The van der Waals surface area contributed by atoms with Crippen molar-refractivity contribution in [2.24, 2.45) is 17.9 Å². The summed E-state index contributed by atoms with van der Waals surface area (Å²) in [6.07, 6.45) is 4.27. The van der Waals surface area contributed by atoms with E-state index in [2.05, 4.69) is 121 Å². The smallest absolute Gasteiger partial charge is 0.222 e. The van der Waals surface area contributed by atoms with Gasteiger partial charge in [-0.15, -0.1) is 0 Å². The van der Waals surface area contributed by atoms with Crippen molar-refractivity contribution in [3.8, 4) is 11.3 Å². The van der Waals surface area contributed by atoms with E-state index in [1.54, 1.807) is 0 Å². The van der Waals surface area contributed by atoms with Crippen molar-refractivity contribution in [3.63, 3.8) is 0 Å². The third-order valence-corrected chi connectivity index (χ3v) is 9.53. The highest BCUT2D eigenvalue weighted by atomic mass is 32.2. The molecule has 0 radical (unpaired) electrons. The van der Waals surface area contributed by atoms with E-state index in [9.17, 15) is 0 Å². The standard InChI is InChI=1S/C37H38NOS/c1-21-30-25-13-9-10-15-28(25)39-34(30)27(20-37(5,6)7)35-31(21)33-32-24(16-17-38(33)8)23-14-11-12-22(19-36(2,3)4)26(23)18-29(32)40-35/h9-18H,19-20H2,1-8H3/q+1. The van der Waals surface area contributed by atoms with Crippen LogP contribution >= 0.6 is 11.8 Å². The van der Waals surface area contributed by atoms with Gasteiger partial charge in [0.15, 0.2) is 6.20 Å². The summed E-state index contributed by atoms with van der Waals surface area (Å²) < 4.78 is 9.04. The van der Waals surface area contributed by atoms with Gasteiger partial charge in [-0.1, -0.05) is 89.7 Å². The normalized spacial score (nSPS) is 13.6. The zero-order chi connectivity index (χ0) is 28.1. The van der Waals surface area contributed by atoms with Gasteiger partial charge in [0.25, 0.3) is 0 Å². The molecule has 0 N–H and O–H groups in total. The largest absolute Gasteiger partial charge is 0.456 e. The Bertz CT molecular complexity index is 2010. The molecule has 1 aliphatic rings. The van der Waals surface area contributed by atoms with Crippen molar-refractivity contribution in [1.82, 2.24) is 0 Å². The number of para-hydroxylation sites is 1. The van der Waals surface area contributed by atoms with Crippen LogP contribution in [0.1, 0.15) is 58.2 Å². The lowest BCUT2D eigenvalue weighted by atomic mass is 9.83. The van der Waals surface area contributed by atoms with Crippen molar-refractivity contribution in [2.75, 3.05) is 0 Å². The molecule has 3 heterocycles. The van der Waals surface area contributed by atoms with Gasteiger partial charge in [0.2, 0.25) is 5.69 Å². The van der Waals surface area contributed by atoms with Gasteiger partial charge < -0.3 is 4.42 Å². The van der Waals surface area contributed by atoms with E-state index >= 15 is 0 Å². The first-order chi connectivity index (χ1) is 18.9. The molecule has 2 nitrogen and oxygen atoms in total. The Labute approximate surface area is 241 Å². The van der Waals surface area contributed by atoms with Gasteiger partial charge in [0, 0.05) is 37.6 Å². The fourth-order valence-electron chi connectivity index (χ4n) is 6.83. The molecular formula is C37H38NOS+. The molecule has 2 aromatic heterocycles. The van der Waals surface area contributed by atoms with Crippen molar-refractivity contribution in [3.05, 3.63) is 77.5 Å². The number of aromatic nitrogens is 1. The minimum atomic E-state index is 0.118. The molecule has 0 unspecified atom stereocenters. The summed E-state index contributed by atoms with van der Waals surface area (Å²) >= 11 is 1.96. The highest BCUT2D eigenvalue weighted by molar-refractivity contribution is 8.00. The average Bonchev–Trinajstić information content (AvgIpc) is 3.26. The van der Waals surface area contributed by atoms with Crippen LogP contribution in [-0.2, 0) is 19.9 Å². The van der Waals surface area contributed by atoms with Crippen molar-refractivity contribution in [1.29, 1.82) is 0 Å². The molecule has 0 amide bonds. The number of pyridine rings is 1. The maximum atomic E-state index is 6.69. The summed E-state index contributed by atoms with van der Waals surface area (Å²) in [5, 5.41) is 7.94. The first kappa shape index (κ1) is 25.7. The van der Waals surface area contributed by atoms with E-state index in [0.29, 0.717) is 0 Å². The number of hydrogen-bond acceptors (Lipinski definition) is 2. The second-order valence-corrected chi connectivity index (χ2v) is 15.2. The fraction of sp³-hybridized carbons (Fsp3) is 0.324. The molecule has 202 valence electrons. The van der Waals surface area contributed by atoms with Crippen LogP contribution in [0, 0.1) is 17.8 Å². The van der Waals surface area contributed by atoms with Gasteiger partial charge in [0.1, 0.15) is 18.2 Å². The van der Waals surface area contributed by atoms with Crippen LogP contribution in [0.4, 0.5) is 0 Å². The van der Waals surface area contributed by atoms with Gasteiger partial charge in [-0.25, -0.2) is 4.57 Å². The minimum Gasteiger partial charge on any atom is -0.456 e. The van der Waals surface area contributed by atoms with Gasteiger partial charge in [-0.3, -0.25) is 0 Å². The number of fused-ring (bicyclic) bond motifs is 7. The molecular weight excluding hydrogens is 506 g/mol. The summed E-state index contributed by atoms with van der Waals surface area (Å²) in [6.45, 7) is 16.3. The van der Waals surface area contributed by atoms with E-state index in [4.69, 9.17) is 4.42 Å². The molecule has 1 aliphatic heterocycles. The molecule has 0 atom stereocenters. The van der Waals surface area contributed by atoms with Crippen LogP contribution in [0.2, 0.25) is 0 Å². The molecule has 0 fully saturated rings. The third-order valence-electron chi connectivity index (χ3n) is 8.33. The number of nitrogens with zero attached hydrogens (tertiary/aromatic N) is 1. The number of benzene rings is 4. The zero-order valence-electron chi connectivity index (χ0n) is 25.0. The maximum Gasteiger partial charge on any atom is 0.222 e. The Hall–Kier alpha value is -3.30. The molecule has 0 saturated heterocycles. The summed E-state index contributed by atoms with van der Waals surface area (Å²) in [7, 11) is 2.21. The number of furan rings is 1. The van der Waals surface area contributed by atoms with E-state index in [0.717, 1.165) is 24.0 Å². The van der Waals surface area contributed by atoms with Crippen LogP contribution in [-0.4, -0.2) is 0 Å². The number of rotatable bonds is 2. The number of aryl methyl sites for hydroxylation is 2. The molecule has 0 aliphatic carbocycles. The maximum absolute atomic E-state index is 6.69. The molecule has 0 bridgehead atoms. The van der Waals surface area contributed by atoms with Crippen LogP contribution in [0.3, 0.4) is 0 Å². The lowest BCUT2D eigenvalue weighted by Gasteiger charge is -2.27.